The molecule has 0 radical (unpaired) electrons. The van der Waals surface area contributed by atoms with Crippen LogP contribution in [0.4, 0.5) is 9.52 Å². The van der Waals surface area contributed by atoms with E-state index < -0.39 is 5.82 Å². The number of halogens is 3. The maximum Gasteiger partial charge on any atom is 0.206 e. The molecule has 1 N–H and O–H groups in total. The van der Waals surface area contributed by atoms with Gasteiger partial charge in [-0.3, -0.25) is 0 Å². The lowest BCUT2D eigenvalue weighted by Gasteiger charge is -2.02. The third-order valence-electron chi connectivity index (χ3n) is 2.22. The average Bonchev–Trinajstić information content (AvgIpc) is 2.82. The Bertz CT molecular complexity index is 561. The largest absolute Gasteiger partial charge is 0.360 e. The molecule has 0 aliphatic heterocycles. The van der Waals surface area contributed by atoms with E-state index in [0.717, 1.165) is 13.0 Å². The van der Waals surface area contributed by atoms with Crippen LogP contribution in [-0.2, 0) is 0 Å². The first kappa shape index (κ1) is 13.7. The fourth-order valence-electron chi connectivity index (χ4n) is 1.33. The number of nitrogens with zero attached hydrogens (tertiary/aromatic N) is 2. The van der Waals surface area contributed by atoms with E-state index in [9.17, 15) is 4.39 Å². The minimum Gasteiger partial charge on any atom is -0.360 e. The molecule has 0 fully saturated rings. The van der Waals surface area contributed by atoms with Crippen molar-refractivity contribution in [1.82, 2.24) is 10.2 Å². The van der Waals surface area contributed by atoms with Gasteiger partial charge in [0.2, 0.25) is 5.13 Å². The number of hydrogen-bond donors (Lipinski definition) is 1. The number of nitrogens with one attached hydrogen (secondary N) is 1. The van der Waals surface area contributed by atoms with Gasteiger partial charge in [0.05, 0.1) is 5.02 Å². The van der Waals surface area contributed by atoms with Crippen molar-refractivity contribution in [2.24, 2.45) is 0 Å². The molecule has 0 bridgehead atoms. The topological polar surface area (TPSA) is 37.8 Å². The van der Waals surface area contributed by atoms with Gasteiger partial charge in [-0.05, 0) is 34.5 Å². The third-order valence-corrected chi connectivity index (χ3v) is 4.39. The highest BCUT2D eigenvalue weighted by Crippen LogP contribution is 2.35. The van der Waals surface area contributed by atoms with Crippen molar-refractivity contribution in [2.75, 3.05) is 11.9 Å². The number of hydrogen-bond acceptors (Lipinski definition) is 4. The van der Waals surface area contributed by atoms with Gasteiger partial charge in [0, 0.05) is 16.6 Å². The van der Waals surface area contributed by atoms with Crippen LogP contribution >= 0.6 is 38.9 Å². The second kappa shape index (κ2) is 5.95. The molecular weight excluding hydrogens is 341 g/mol. The molecule has 0 unspecified atom stereocenters. The van der Waals surface area contributed by atoms with Crippen LogP contribution < -0.4 is 5.32 Å². The monoisotopic (exact) mass is 349 g/mol. The highest BCUT2D eigenvalue weighted by Gasteiger charge is 2.15. The zero-order valence-corrected chi connectivity index (χ0v) is 12.7. The summed E-state index contributed by atoms with van der Waals surface area (Å²) in [7, 11) is 0. The van der Waals surface area contributed by atoms with Crippen LogP contribution in [0.2, 0.25) is 5.02 Å². The Balaban J connectivity index is 2.31. The van der Waals surface area contributed by atoms with Crippen molar-refractivity contribution in [3.8, 4) is 10.6 Å². The molecule has 0 atom stereocenters. The van der Waals surface area contributed by atoms with Crippen LogP contribution in [0.1, 0.15) is 13.3 Å². The maximum absolute atomic E-state index is 14.0. The van der Waals surface area contributed by atoms with Crippen molar-refractivity contribution < 1.29 is 4.39 Å². The first-order chi connectivity index (χ1) is 8.63. The van der Waals surface area contributed by atoms with Crippen LogP contribution in [0, 0.1) is 5.82 Å². The summed E-state index contributed by atoms with van der Waals surface area (Å²) in [6.45, 7) is 2.88. The summed E-state index contributed by atoms with van der Waals surface area (Å²) in [5.74, 6) is -0.482. The molecule has 1 aromatic heterocycles. The van der Waals surface area contributed by atoms with Gasteiger partial charge in [0.1, 0.15) is 0 Å². The number of rotatable bonds is 4. The zero-order valence-electron chi connectivity index (χ0n) is 9.51. The van der Waals surface area contributed by atoms with E-state index in [-0.39, 0.29) is 5.02 Å². The van der Waals surface area contributed by atoms with E-state index >= 15 is 0 Å². The van der Waals surface area contributed by atoms with Crippen molar-refractivity contribution >= 4 is 44.0 Å². The lowest BCUT2D eigenvalue weighted by Crippen LogP contribution is -1.98. The number of benzene rings is 1. The van der Waals surface area contributed by atoms with E-state index in [1.54, 1.807) is 12.1 Å². The molecule has 2 rings (SSSR count). The molecule has 18 heavy (non-hydrogen) atoms. The van der Waals surface area contributed by atoms with Gasteiger partial charge in [-0.25, -0.2) is 4.39 Å². The van der Waals surface area contributed by atoms with E-state index in [1.165, 1.54) is 11.3 Å². The average molecular weight is 351 g/mol. The van der Waals surface area contributed by atoms with Gasteiger partial charge < -0.3 is 5.32 Å². The molecule has 7 heteroatoms. The Labute approximate surface area is 122 Å². The highest BCUT2D eigenvalue weighted by molar-refractivity contribution is 9.10. The lowest BCUT2D eigenvalue weighted by atomic mass is 10.2. The summed E-state index contributed by atoms with van der Waals surface area (Å²) in [4.78, 5) is 0. The summed E-state index contributed by atoms with van der Waals surface area (Å²) in [6, 6.07) is 3.33. The highest BCUT2D eigenvalue weighted by atomic mass is 79.9. The van der Waals surface area contributed by atoms with Crippen molar-refractivity contribution in [3.05, 3.63) is 27.4 Å². The Hall–Kier alpha value is -0.720. The third kappa shape index (κ3) is 2.81. The zero-order chi connectivity index (χ0) is 13.1. The van der Waals surface area contributed by atoms with Gasteiger partial charge in [0.25, 0.3) is 0 Å². The fraction of sp³-hybridized carbons (Fsp3) is 0.273. The van der Waals surface area contributed by atoms with Crippen LogP contribution in [0.15, 0.2) is 16.6 Å². The molecule has 0 amide bonds. The molecule has 96 valence electrons. The minimum absolute atomic E-state index is 0.0609. The van der Waals surface area contributed by atoms with E-state index in [4.69, 9.17) is 11.6 Å². The van der Waals surface area contributed by atoms with Crippen LogP contribution in [0.25, 0.3) is 10.6 Å². The number of aromatic nitrogens is 2. The van der Waals surface area contributed by atoms with Crippen molar-refractivity contribution in [3.63, 3.8) is 0 Å². The van der Waals surface area contributed by atoms with Crippen molar-refractivity contribution in [2.45, 2.75) is 13.3 Å². The lowest BCUT2D eigenvalue weighted by molar-refractivity contribution is 0.630. The first-order valence-electron chi connectivity index (χ1n) is 5.34. The van der Waals surface area contributed by atoms with Crippen LogP contribution in [-0.4, -0.2) is 16.7 Å². The summed E-state index contributed by atoms with van der Waals surface area (Å²) in [6.07, 6.45) is 0.993. The fourth-order valence-corrected chi connectivity index (χ4v) is 2.59. The van der Waals surface area contributed by atoms with Crippen molar-refractivity contribution in [1.29, 1.82) is 0 Å². The van der Waals surface area contributed by atoms with Gasteiger partial charge in [-0.1, -0.05) is 29.9 Å². The predicted molar refractivity (Wildman–Crippen MR) is 76.8 cm³/mol. The molecule has 2 aromatic rings. The van der Waals surface area contributed by atoms with Gasteiger partial charge >= 0.3 is 0 Å². The smallest absolute Gasteiger partial charge is 0.206 e. The Kier molecular flexibility index (Phi) is 4.53. The predicted octanol–water partition coefficient (Wildman–Crippen LogP) is 4.58. The number of anilines is 1. The van der Waals surface area contributed by atoms with Crippen LogP contribution in [0.5, 0.6) is 0 Å². The molecule has 1 heterocycles. The molecule has 0 aliphatic rings. The van der Waals surface area contributed by atoms with E-state index in [2.05, 4.69) is 38.4 Å². The molecule has 0 aliphatic carbocycles. The standard InChI is InChI=1S/C11H10BrClFN3S/c1-2-5-15-11-17-16-10(18-11)6-3-4-7(12)8(13)9(6)14/h3-4H,2,5H2,1H3,(H,15,17). The second-order valence-corrected chi connectivity index (χ2v) is 5.77. The Morgan fingerprint density at radius 1 is 1.44 bits per heavy atom. The van der Waals surface area contributed by atoms with Gasteiger partial charge in [-0.15, -0.1) is 10.2 Å². The molecular formula is C11H10BrClFN3S. The first-order valence-corrected chi connectivity index (χ1v) is 7.33. The molecule has 3 nitrogen and oxygen atoms in total. The minimum atomic E-state index is -0.482. The quantitative estimate of drug-likeness (QED) is 0.820. The molecule has 1 aromatic carbocycles. The van der Waals surface area contributed by atoms with E-state index in [1.807, 2.05) is 0 Å². The normalized spacial score (nSPS) is 10.7. The summed E-state index contributed by atoms with van der Waals surface area (Å²) in [5, 5.41) is 12.3. The van der Waals surface area contributed by atoms with E-state index in [0.29, 0.717) is 20.2 Å². The summed E-state index contributed by atoms with van der Waals surface area (Å²) in [5.41, 5.74) is 0.366. The maximum atomic E-state index is 14.0. The summed E-state index contributed by atoms with van der Waals surface area (Å²) < 4.78 is 14.5. The summed E-state index contributed by atoms with van der Waals surface area (Å²) >= 11 is 10.3. The Morgan fingerprint density at radius 3 is 2.94 bits per heavy atom. The Morgan fingerprint density at radius 2 is 2.22 bits per heavy atom. The second-order valence-electron chi connectivity index (χ2n) is 3.56. The SMILES string of the molecule is CCCNc1nnc(-c2ccc(Br)c(Cl)c2F)s1. The van der Waals surface area contributed by atoms with Gasteiger partial charge in [-0.2, -0.15) is 0 Å². The van der Waals surface area contributed by atoms with Gasteiger partial charge in [0.15, 0.2) is 10.8 Å². The molecule has 0 spiro atoms. The molecule has 0 saturated heterocycles. The molecule has 0 saturated carbocycles. The van der Waals surface area contributed by atoms with Crippen LogP contribution in [0.3, 0.4) is 0 Å².